The van der Waals surface area contributed by atoms with Gasteiger partial charge in [0.2, 0.25) is 0 Å². The Morgan fingerprint density at radius 1 is 0.492 bits per heavy atom. The van der Waals surface area contributed by atoms with Crippen molar-refractivity contribution in [1.82, 2.24) is 0 Å². The molecule has 0 saturated heterocycles. The fraction of sp³-hybridized carbons (Fsp3) is 0.709. The molecule has 0 aliphatic heterocycles. The molecule has 0 spiro atoms. The van der Waals surface area contributed by atoms with Gasteiger partial charge in [0.25, 0.3) is 7.82 Å². The number of likely N-dealkylation sites (N-methyl/N-ethyl adjacent to an activating group) is 1. The summed E-state index contributed by atoms with van der Waals surface area (Å²) in [4.78, 5) is 37.6. The Labute approximate surface area is 399 Å². The number of hydrogen-bond acceptors (Lipinski definition) is 8. The molecule has 0 amide bonds. The van der Waals surface area contributed by atoms with Crippen molar-refractivity contribution in [2.45, 2.75) is 206 Å². The number of carbonyl (C=O) groups is 2. The zero-order valence-corrected chi connectivity index (χ0v) is 43.0. The number of allylic oxidation sites excluding steroid dienone is 14. The molecule has 0 fully saturated rings. The summed E-state index contributed by atoms with van der Waals surface area (Å²) in [5, 5.41) is 0. The molecule has 374 valence electrons. The summed E-state index contributed by atoms with van der Waals surface area (Å²) >= 11 is 0. The number of hydrogen-bond donors (Lipinski definition) is 0. The van der Waals surface area contributed by atoms with Gasteiger partial charge in [-0.2, -0.15) is 0 Å². The molecule has 0 saturated carbocycles. The monoisotopic (exact) mass is 930 g/mol. The van der Waals surface area contributed by atoms with E-state index in [4.69, 9.17) is 18.5 Å². The van der Waals surface area contributed by atoms with Crippen molar-refractivity contribution in [2.24, 2.45) is 0 Å². The van der Waals surface area contributed by atoms with Crippen molar-refractivity contribution in [3.8, 4) is 0 Å². The molecule has 0 N–H and O–H groups in total. The van der Waals surface area contributed by atoms with E-state index in [9.17, 15) is 19.0 Å². The summed E-state index contributed by atoms with van der Waals surface area (Å²) in [7, 11) is 1.15. The third-order valence-corrected chi connectivity index (χ3v) is 11.6. The predicted octanol–water partition coefficient (Wildman–Crippen LogP) is 14.9. The molecule has 0 heterocycles. The molecule has 0 rings (SSSR count). The Balaban J connectivity index is 4.19. The Morgan fingerprint density at radius 3 is 1.32 bits per heavy atom. The van der Waals surface area contributed by atoms with Crippen LogP contribution in [0.5, 0.6) is 0 Å². The third kappa shape index (κ3) is 50.4. The van der Waals surface area contributed by atoms with Crippen molar-refractivity contribution in [1.29, 1.82) is 0 Å². The molecule has 0 aliphatic rings. The minimum atomic E-state index is -4.64. The smallest absolute Gasteiger partial charge is 0.306 e. The molecular formula is C55H96NO8P. The summed E-state index contributed by atoms with van der Waals surface area (Å²) in [5.74, 6) is -0.854. The standard InChI is InChI=1S/C55H96NO8P/c1-6-8-10-12-14-16-18-20-21-22-23-24-25-26-27-28-29-30-31-32-33-34-35-36-38-40-42-44-46-48-55(58)64-53(52-63-65(59,60)62-50-49-56(3,4)5)51-61-54(57)47-45-43-41-39-37-19-17-15-13-11-9-7-2/h8,10,14-17,20-21,23-24,26-27,29-30,53H,6-7,9,11-13,18-19,22,25,28,31-52H2,1-5H3/b10-8-,16-14-,17-15-,21-20-,24-23-,27-26-,30-29-. The van der Waals surface area contributed by atoms with Crippen molar-refractivity contribution in [2.75, 3.05) is 47.5 Å². The first-order valence-electron chi connectivity index (χ1n) is 25.8. The first kappa shape index (κ1) is 62.2. The maximum absolute atomic E-state index is 12.7. The van der Waals surface area contributed by atoms with E-state index in [2.05, 4.69) is 98.9 Å². The van der Waals surface area contributed by atoms with Crippen LogP contribution in [0.25, 0.3) is 0 Å². The van der Waals surface area contributed by atoms with E-state index in [-0.39, 0.29) is 26.1 Å². The number of phosphoric acid groups is 1. The largest absolute Gasteiger partial charge is 0.756 e. The van der Waals surface area contributed by atoms with Gasteiger partial charge in [-0.25, -0.2) is 0 Å². The second-order valence-electron chi connectivity index (χ2n) is 18.1. The van der Waals surface area contributed by atoms with Crippen LogP contribution in [0, 0.1) is 0 Å². The summed E-state index contributed by atoms with van der Waals surface area (Å²) in [5.41, 5.74) is 0. The van der Waals surface area contributed by atoms with Gasteiger partial charge in [-0.15, -0.1) is 0 Å². The topological polar surface area (TPSA) is 111 Å². The molecule has 65 heavy (non-hydrogen) atoms. The molecule has 0 aromatic rings. The minimum Gasteiger partial charge on any atom is -0.756 e. The maximum atomic E-state index is 12.7. The average Bonchev–Trinajstić information content (AvgIpc) is 3.26. The average molecular weight is 930 g/mol. The van der Waals surface area contributed by atoms with Gasteiger partial charge in [-0.05, 0) is 89.9 Å². The van der Waals surface area contributed by atoms with Gasteiger partial charge in [0.05, 0.1) is 27.7 Å². The lowest BCUT2D eigenvalue weighted by molar-refractivity contribution is -0.870. The molecular weight excluding hydrogens is 834 g/mol. The van der Waals surface area contributed by atoms with Gasteiger partial charge in [0.15, 0.2) is 6.10 Å². The molecule has 0 bridgehead atoms. The van der Waals surface area contributed by atoms with E-state index in [1.54, 1.807) is 0 Å². The van der Waals surface area contributed by atoms with Gasteiger partial charge in [0, 0.05) is 12.8 Å². The van der Waals surface area contributed by atoms with Crippen molar-refractivity contribution < 1.29 is 42.1 Å². The van der Waals surface area contributed by atoms with E-state index in [0.717, 1.165) is 103 Å². The van der Waals surface area contributed by atoms with E-state index < -0.39 is 32.5 Å². The number of phosphoric ester groups is 1. The van der Waals surface area contributed by atoms with Crippen LogP contribution in [0.4, 0.5) is 0 Å². The highest BCUT2D eigenvalue weighted by molar-refractivity contribution is 7.45. The highest BCUT2D eigenvalue weighted by Crippen LogP contribution is 2.38. The molecule has 9 nitrogen and oxygen atoms in total. The van der Waals surface area contributed by atoms with Crippen LogP contribution in [-0.4, -0.2) is 70.0 Å². The minimum absolute atomic E-state index is 0.0365. The predicted molar refractivity (Wildman–Crippen MR) is 272 cm³/mol. The van der Waals surface area contributed by atoms with Crippen LogP contribution in [0.2, 0.25) is 0 Å². The highest BCUT2D eigenvalue weighted by Gasteiger charge is 2.21. The number of esters is 2. The number of ether oxygens (including phenoxy) is 2. The number of carbonyl (C=O) groups excluding carboxylic acids is 2. The van der Waals surface area contributed by atoms with Gasteiger partial charge >= 0.3 is 11.9 Å². The van der Waals surface area contributed by atoms with E-state index in [1.165, 1.54) is 57.8 Å². The Kier molecular flexibility index (Phi) is 44.3. The summed E-state index contributed by atoms with van der Waals surface area (Å²) in [6.45, 7) is 4.07. The van der Waals surface area contributed by atoms with Crippen LogP contribution in [0.3, 0.4) is 0 Å². The second-order valence-corrected chi connectivity index (χ2v) is 19.6. The second kappa shape index (κ2) is 46.3. The Hall–Kier alpha value is -2.81. The van der Waals surface area contributed by atoms with Crippen LogP contribution in [-0.2, 0) is 32.7 Å². The Morgan fingerprint density at radius 2 is 0.877 bits per heavy atom. The van der Waals surface area contributed by atoms with E-state index in [1.807, 2.05) is 21.1 Å². The van der Waals surface area contributed by atoms with Crippen molar-refractivity contribution >= 4 is 19.8 Å². The maximum Gasteiger partial charge on any atom is 0.306 e. The number of nitrogens with zero attached hydrogens (tertiary/aromatic N) is 1. The van der Waals surface area contributed by atoms with Crippen LogP contribution in [0.1, 0.15) is 200 Å². The molecule has 0 radical (unpaired) electrons. The van der Waals surface area contributed by atoms with E-state index >= 15 is 0 Å². The molecule has 0 aromatic heterocycles. The first-order valence-corrected chi connectivity index (χ1v) is 27.3. The highest BCUT2D eigenvalue weighted by atomic mass is 31.2. The van der Waals surface area contributed by atoms with Crippen LogP contribution in [0.15, 0.2) is 85.1 Å². The number of rotatable bonds is 46. The van der Waals surface area contributed by atoms with Gasteiger partial charge in [-0.3, -0.25) is 14.2 Å². The van der Waals surface area contributed by atoms with E-state index in [0.29, 0.717) is 23.9 Å². The fourth-order valence-corrected chi connectivity index (χ4v) is 7.38. The lowest BCUT2D eigenvalue weighted by Gasteiger charge is -2.28. The molecule has 2 unspecified atom stereocenters. The third-order valence-electron chi connectivity index (χ3n) is 10.6. The van der Waals surface area contributed by atoms with Crippen LogP contribution < -0.4 is 4.89 Å². The SMILES string of the molecule is CC/C=C\C/C=C\C/C=C\C/C=C\C/C=C\C/C=C\CCCCCCCCCCCCC(=O)OC(COC(=O)CCCCCCC/C=C\CCCCC)COP(=O)([O-])OCC[N+](C)(C)C. The molecule has 0 aromatic carbocycles. The molecule has 2 atom stereocenters. The van der Waals surface area contributed by atoms with Crippen molar-refractivity contribution in [3.05, 3.63) is 85.1 Å². The Bertz CT molecular complexity index is 1380. The zero-order valence-electron chi connectivity index (χ0n) is 42.2. The lowest BCUT2D eigenvalue weighted by Crippen LogP contribution is -2.37. The van der Waals surface area contributed by atoms with Gasteiger partial charge in [0.1, 0.15) is 19.8 Å². The molecule has 10 heteroatoms. The van der Waals surface area contributed by atoms with Gasteiger partial charge < -0.3 is 27.9 Å². The fourth-order valence-electron chi connectivity index (χ4n) is 6.65. The number of unbranched alkanes of at least 4 members (excludes halogenated alkanes) is 18. The lowest BCUT2D eigenvalue weighted by atomic mass is 10.0. The number of quaternary nitrogens is 1. The normalized spacial score (nSPS) is 14.1. The van der Waals surface area contributed by atoms with Crippen LogP contribution >= 0.6 is 7.82 Å². The quantitative estimate of drug-likeness (QED) is 0.0195. The molecule has 0 aliphatic carbocycles. The van der Waals surface area contributed by atoms with Gasteiger partial charge in [-0.1, -0.05) is 182 Å². The summed E-state index contributed by atoms with van der Waals surface area (Å²) in [6, 6.07) is 0. The summed E-state index contributed by atoms with van der Waals surface area (Å²) < 4.78 is 34.0. The zero-order chi connectivity index (χ0) is 47.8. The summed E-state index contributed by atoms with van der Waals surface area (Å²) in [6.07, 6.45) is 60.5. The van der Waals surface area contributed by atoms with Crippen molar-refractivity contribution in [3.63, 3.8) is 0 Å². The first-order chi connectivity index (χ1) is 31.5.